The second kappa shape index (κ2) is 36.8. The predicted octanol–water partition coefficient (Wildman–Crippen LogP) is 7.91. The summed E-state index contributed by atoms with van der Waals surface area (Å²) in [5, 5.41) is 4.47. The van der Waals surface area contributed by atoms with Crippen LogP contribution >= 0.6 is 11.6 Å². The first-order valence-corrected chi connectivity index (χ1v) is 24.2. The number of carbonyl (C=O) groups is 2. The number of carbonyl (C=O) groups excluding carboxylic acids is 2. The van der Waals surface area contributed by atoms with E-state index in [1.54, 1.807) is 18.2 Å². The number of allylic oxidation sites excluding steroid dienone is 2. The van der Waals surface area contributed by atoms with E-state index in [4.69, 9.17) is 21.4 Å². The van der Waals surface area contributed by atoms with Crippen LogP contribution in [0.4, 0.5) is 0 Å². The van der Waals surface area contributed by atoms with Gasteiger partial charge in [0.15, 0.2) is 0 Å². The maximum atomic E-state index is 12.1. The molecule has 9 rings (SSSR count). The Morgan fingerprint density at radius 2 is 1.41 bits per heavy atom. The molecule has 0 fully saturated rings. The van der Waals surface area contributed by atoms with Crippen molar-refractivity contribution < 1.29 is 124 Å². The summed E-state index contributed by atoms with van der Waals surface area (Å²) in [5.41, 5.74) is 10.9. The van der Waals surface area contributed by atoms with Crippen LogP contribution in [0.5, 0.6) is 0 Å². The first kappa shape index (κ1) is 72.9. The molecule has 0 bridgehead atoms. The third-order valence-corrected chi connectivity index (χ3v) is 12.6. The predicted molar refractivity (Wildman–Crippen MR) is 288 cm³/mol. The van der Waals surface area contributed by atoms with Gasteiger partial charge in [0.2, 0.25) is 12.2 Å². The zero-order valence-electron chi connectivity index (χ0n) is 38.8. The molecule has 74 heavy (non-hydrogen) atoms. The number of aryl methyl sites for hydroxylation is 3. The van der Waals surface area contributed by atoms with Gasteiger partial charge in [-0.2, -0.15) is 0 Å². The molecule has 0 saturated carbocycles. The van der Waals surface area contributed by atoms with Gasteiger partial charge in [0.25, 0.3) is 0 Å². The number of halogens is 2. The minimum atomic E-state index is -2.53. The monoisotopic (exact) mass is 1140 g/mol. The summed E-state index contributed by atoms with van der Waals surface area (Å²) in [5.74, 6) is 0.354. The van der Waals surface area contributed by atoms with Crippen LogP contribution in [0.3, 0.4) is 0 Å². The molecular weight excluding hydrogens is 1070 g/mol. The van der Waals surface area contributed by atoms with E-state index in [-0.39, 0.29) is 147 Å². The van der Waals surface area contributed by atoms with Crippen LogP contribution < -0.4 is 17.0 Å². The molecule has 1 aromatic heterocycles. The summed E-state index contributed by atoms with van der Waals surface area (Å²) < 4.78 is 56.2. The number of hydrogen-bond acceptors (Lipinski definition) is 8. The first-order chi connectivity index (χ1) is 32.3. The molecule has 3 heterocycles. The molecule has 5 aromatic carbocycles. The number of aromatic nitrogens is 3. The van der Waals surface area contributed by atoms with Gasteiger partial charge in [0.1, 0.15) is 30.7 Å². The van der Waals surface area contributed by atoms with Crippen LogP contribution in [-0.2, 0) is 62.7 Å². The van der Waals surface area contributed by atoms with Crippen molar-refractivity contribution in [2.75, 3.05) is 0 Å². The van der Waals surface area contributed by atoms with E-state index < -0.39 is 27.9 Å². The summed E-state index contributed by atoms with van der Waals surface area (Å²) in [6, 6.07) is 42.2. The smallest absolute Gasteiger partial charge is 0.304 e. The first-order valence-electron chi connectivity index (χ1n) is 21.7. The number of rotatable bonds is 10. The molecule has 1 amide bonds. The second-order valence-electron chi connectivity index (χ2n) is 16.3. The molecule has 404 valence electrons. The van der Waals surface area contributed by atoms with Gasteiger partial charge in [-0.3, -0.25) is 13.2 Å². The third kappa shape index (κ3) is 21.0. The van der Waals surface area contributed by atoms with Crippen LogP contribution in [0.1, 0.15) is 93.0 Å². The average Bonchev–Trinajstić information content (AvgIpc) is 3.92. The van der Waals surface area contributed by atoms with E-state index in [1.165, 1.54) is 45.9 Å². The summed E-state index contributed by atoms with van der Waals surface area (Å²) in [7, 11) is 0. The normalized spacial score (nSPS) is 17.5. The minimum absolute atomic E-state index is 0. The summed E-state index contributed by atoms with van der Waals surface area (Å²) >= 11 is 0.748. The topological polar surface area (TPSA) is 161 Å². The van der Waals surface area contributed by atoms with Gasteiger partial charge < -0.3 is 31.0 Å². The largest absolute Gasteiger partial charge is 1.00 e. The number of ether oxygens (including phenoxy) is 1. The van der Waals surface area contributed by atoms with Gasteiger partial charge in [-0.05, 0) is 84.6 Å². The van der Waals surface area contributed by atoms with Crippen molar-refractivity contribution in [1.29, 1.82) is 0 Å². The Morgan fingerprint density at radius 3 is 1.97 bits per heavy atom. The zero-order valence-corrected chi connectivity index (χ0v) is 43.3. The number of amides is 1. The molecule has 6 aromatic rings. The van der Waals surface area contributed by atoms with Crippen molar-refractivity contribution >= 4 is 58.6 Å². The molecule has 0 radical (unpaired) electrons. The number of aldehydes is 1. The van der Waals surface area contributed by atoms with Crippen molar-refractivity contribution in [2.24, 2.45) is 16.2 Å². The molecule has 0 saturated heterocycles. The molecule has 4 unspecified atom stereocenters. The number of fused-ring (bicyclic) bond motifs is 5. The van der Waals surface area contributed by atoms with Crippen LogP contribution in [0.25, 0.3) is 11.8 Å². The van der Waals surface area contributed by atoms with E-state index in [9.17, 15) is 27.1 Å². The Kier molecular flexibility index (Phi) is 36.2. The van der Waals surface area contributed by atoms with E-state index in [2.05, 4.69) is 72.5 Å². The fourth-order valence-electron chi connectivity index (χ4n) is 8.33. The maximum absolute atomic E-state index is 12.1. The van der Waals surface area contributed by atoms with Crippen molar-refractivity contribution in [3.05, 3.63) is 202 Å². The van der Waals surface area contributed by atoms with Crippen LogP contribution in [0.15, 0.2) is 156 Å². The van der Waals surface area contributed by atoms with Crippen molar-refractivity contribution in [1.82, 2.24) is 14.1 Å². The summed E-state index contributed by atoms with van der Waals surface area (Å²) in [6.45, 7) is 8.95. The van der Waals surface area contributed by atoms with Gasteiger partial charge in [-0.25, -0.2) is 13.3 Å². The van der Waals surface area contributed by atoms with Gasteiger partial charge in [-0.15, -0.1) is 11.6 Å². The molecule has 18 heteroatoms. The number of hydrogen-bond donors (Lipinski definition) is 0. The Bertz CT molecular complexity index is 2730. The van der Waals surface area contributed by atoms with Crippen molar-refractivity contribution in [2.45, 2.75) is 101 Å². The molecule has 3 aliphatic rings. The number of benzene rings is 5. The molecule has 1 aliphatic carbocycles. The Morgan fingerprint density at radius 1 is 0.851 bits per heavy atom. The minimum Gasteiger partial charge on any atom is -1.00 e. The van der Waals surface area contributed by atoms with E-state index in [0.717, 1.165) is 39.5 Å². The van der Waals surface area contributed by atoms with Crippen molar-refractivity contribution in [3.63, 3.8) is 0 Å². The fourth-order valence-corrected chi connectivity index (χ4v) is 9.13. The molecular formula is C56H69Ar2Cl2N5O7S2-2. The Balaban J connectivity index is 0. The molecule has 0 spiro atoms. The van der Waals surface area contributed by atoms with Gasteiger partial charge in [0.05, 0.1) is 27.9 Å². The SMILES string of the molecule is C.C.C.C.C[C@H]1C=CN(S(=O)[O-])C(=O)[C@H]1Cc1ccccc1.Cc1cc(C)c(-n2c[n+]3c(n2)CO[C@@H]2Cc4ccccc4C23)c(C)c1.O=CC(Cl)Cc1ccccc1.O=S([O-])N=C/C=C/c1ccccc1.[Ar].[Ar].[Cl-]. The quantitative estimate of drug-likeness (QED) is 0.0440. The number of nitrogens with zero attached hydrogens (tertiary/aromatic N) is 5. The number of alkyl halides is 1. The van der Waals surface area contributed by atoms with Crippen LogP contribution in [-0.4, -0.2) is 61.5 Å². The van der Waals surface area contributed by atoms with E-state index in [0.29, 0.717) is 19.4 Å². The van der Waals surface area contributed by atoms with Crippen LogP contribution in [0, 0.1) is 108 Å². The Hall–Kier alpha value is -3.19. The summed E-state index contributed by atoms with van der Waals surface area (Å²) in [4.78, 5) is 22.2. The average molecular weight is 1140 g/mol. The van der Waals surface area contributed by atoms with E-state index >= 15 is 0 Å². The summed E-state index contributed by atoms with van der Waals surface area (Å²) in [6.07, 6.45) is 13.0. The van der Waals surface area contributed by atoms with Crippen LogP contribution in [0.2, 0.25) is 0 Å². The zero-order chi connectivity index (χ0) is 47.9. The molecule has 7 atom stereocenters. The van der Waals surface area contributed by atoms with Gasteiger partial charge in [-0.1, -0.05) is 186 Å². The van der Waals surface area contributed by atoms with E-state index in [1.807, 2.05) is 103 Å². The fraction of sp³-hybridized carbons (Fsp3) is 0.304. The van der Waals surface area contributed by atoms with Gasteiger partial charge >= 0.3 is 5.82 Å². The standard InChI is InChI=1S/C21H22N3O.C13H15NO3S.C9H9ClO.C9H9NO2S.4CH4.2Ar.ClH/c1-13-8-14(2)20(15(3)9-13)24-12-23-19(22-24)11-25-18-10-16-6-4-5-7-17(16)21(18)23;1-10-7-8-14(18(16)17)13(15)12(10)9-11-5-3-2-4-6-11;10-9(7-11)6-8-4-2-1-3-5-8;11-13(12)10-8-4-7-9-5-2-1-3-6-9;;;;;;;/h4-9,12,18,21H,10-11H2,1-3H3;2-8,10,12H,9H2,1H3,(H,16,17);1-5,7,9H,6H2;1-8H,(H,11,12);4*1H4;;;1H/q+1;;;;;;;;;;/p-3/b;;;7-4+,10-8?;;;;;;;/t18-,21?;10-,12-;;;;;;;;;/m10........./s1. The Labute approximate surface area is 516 Å². The third-order valence-electron chi connectivity index (χ3n) is 11.4. The molecule has 0 N–H and O–H groups in total. The molecule has 2 aliphatic heterocycles. The maximum Gasteiger partial charge on any atom is 0.304 e. The molecule has 12 nitrogen and oxygen atoms in total. The second-order valence-corrected chi connectivity index (χ2v) is 18.3. The van der Waals surface area contributed by atoms with Gasteiger partial charge in [0, 0.05) is 105 Å². The van der Waals surface area contributed by atoms with Crippen molar-refractivity contribution in [3.8, 4) is 5.69 Å².